The Morgan fingerprint density at radius 3 is 3.00 bits per heavy atom. The second-order valence-corrected chi connectivity index (χ2v) is 4.18. The quantitative estimate of drug-likeness (QED) is 0.808. The van der Waals surface area contributed by atoms with Gasteiger partial charge in [-0.3, -0.25) is 0 Å². The number of aromatic nitrogens is 3. The number of rotatable bonds is 3. The Labute approximate surface area is 98.4 Å². The van der Waals surface area contributed by atoms with E-state index in [0.717, 1.165) is 0 Å². The van der Waals surface area contributed by atoms with Crippen LogP contribution in [-0.2, 0) is 0 Å². The van der Waals surface area contributed by atoms with E-state index in [0.29, 0.717) is 20.7 Å². The van der Waals surface area contributed by atoms with Gasteiger partial charge in [-0.1, -0.05) is 0 Å². The molecule has 0 atom stereocenters. The average Bonchev–Trinajstić information content (AvgIpc) is 2.73. The summed E-state index contributed by atoms with van der Waals surface area (Å²) in [5.41, 5.74) is 0. The van der Waals surface area contributed by atoms with Gasteiger partial charge in [0.15, 0.2) is 5.16 Å². The minimum absolute atomic E-state index is 0.485. The van der Waals surface area contributed by atoms with E-state index in [1.165, 1.54) is 18.0 Å². The smallest absolute Gasteiger partial charge is 0.263 e. The fourth-order valence-corrected chi connectivity index (χ4v) is 1.83. The molecule has 0 saturated heterocycles. The molecule has 0 unspecified atom stereocenters. The summed E-state index contributed by atoms with van der Waals surface area (Å²) in [5.74, 6) is 0.485. The van der Waals surface area contributed by atoms with Gasteiger partial charge in [-0.2, -0.15) is 4.98 Å². The van der Waals surface area contributed by atoms with Gasteiger partial charge >= 0.3 is 0 Å². The second-order valence-electron chi connectivity index (χ2n) is 2.41. The molecule has 0 bridgehead atoms. The van der Waals surface area contributed by atoms with Gasteiger partial charge in [-0.25, -0.2) is 9.97 Å². The van der Waals surface area contributed by atoms with Crippen LogP contribution in [0.2, 0.25) is 0 Å². The first-order chi connectivity index (χ1) is 7.29. The summed E-state index contributed by atoms with van der Waals surface area (Å²) in [7, 11) is 1.55. The van der Waals surface area contributed by atoms with Crippen LogP contribution in [0.25, 0.3) is 0 Å². The third kappa shape index (κ3) is 2.48. The lowest BCUT2D eigenvalue weighted by atomic mass is 10.6. The van der Waals surface area contributed by atoms with Gasteiger partial charge in [0, 0.05) is 18.0 Å². The minimum atomic E-state index is 0.485. The van der Waals surface area contributed by atoms with Gasteiger partial charge in [-0.05, 0) is 15.9 Å². The predicted molar refractivity (Wildman–Crippen MR) is 56.9 cm³/mol. The molecule has 78 valence electrons. The third-order valence-electron chi connectivity index (χ3n) is 1.47. The monoisotopic (exact) mass is 287 g/mol. The van der Waals surface area contributed by atoms with Gasteiger partial charge in [-0.15, -0.1) is 0 Å². The van der Waals surface area contributed by atoms with E-state index in [-0.39, 0.29) is 0 Å². The van der Waals surface area contributed by atoms with Gasteiger partial charge in [0.1, 0.15) is 6.26 Å². The van der Waals surface area contributed by atoms with Crippen LogP contribution in [0, 0.1) is 0 Å². The van der Waals surface area contributed by atoms with Crippen LogP contribution in [0.4, 0.5) is 0 Å². The Morgan fingerprint density at radius 1 is 1.47 bits per heavy atom. The summed E-state index contributed by atoms with van der Waals surface area (Å²) >= 11 is 4.50. The lowest BCUT2D eigenvalue weighted by Gasteiger charge is -2.02. The van der Waals surface area contributed by atoms with Crippen LogP contribution in [0.3, 0.4) is 0 Å². The number of hydrogen-bond donors (Lipinski definition) is 0. The topological polar surface area (TPSA) is 61.0 Å². The van der Waals surface area contributed by atoms with E-state index in [9.17, 15) is 0 Å². The maximum atomic E-state index is 5.06. The van der Waals surface area contributed by atoms with E-state index < -0.39 is 0 Å². The fraction of sp³-hybridized carbons (Fsp3) is 0.125. The molecule has 0 radical (unpaired) electrons. The highest BCUT2D eigenvalue weighted by molar-refractivity contribution is 9.10. The number of methoxy groups -OCH3 is 1. The van der Waals surface area contributed by atoms with Gasteiger partial charge in [0.2, 0.25) is 5.88 Å². The van der Waals surface area contributed by atoms with Crippen LogP contribution < -0.4 is 4.74 Å². The standard InChI is InChI=1S/C8H6BrN3O2S/c1-13-6-5(9)4-11-7(12-6)15-8-10-2-3-14-8/h2-4H,1H3. The third-order valence-corrected chi connectivity index (χ3v) is 2.77. The second kappa shape index (κ2) is 4.63. The summed E-state index contributed by atoms with van der Waals surface area (Å²) in [5, 5.41) is 1.02. The number of nitrogens with zero attached hydrogens (tertiary/aromatic N) is 3. The van der Waals surface area contributed by atoms with Crippen molar-refractivity contribution in [2.45, 2.75) is 10.4 Å². The molecule has 0 aliphatic carbocycles. The van der Waals surface area contributed by atoms with Crippen molar-refractivity contribution >= 4 is 27.7 Å². The average molecular weight is 288 g/mol. The maximum Gasteiger partial charge on any atom is 0.263 e. The molecule has 0 aliphatic heterocycles. The molecule has 2 rings (SSSR count). The summed E-state index contributed by atoms with van der Waals surface area (Å²) in [4.78, 5) is 12.2. The molecule has 0 spiro atoms. The summed E-state index contributed by atoms with van der Waals surface area (Å²) in [6.45, 7) is 0. The molecule has 2 heterocycles. The summed E-state index contributed by atoms with van der Waals surface area (Å²) in [6, 6.07) is 0. The molecule has 0 aliphatic rings. The molecular formula is C8H6BrN3O2S. The molecule has 0 amide bonds. The highest BCUT2D eigenvalue weighted by Gasteiger charge is 2.08. The van der Waals surface area contributed by atoms with E-state index >= 15 is 0 Å². The SMILES string of the molecule is COc1nc(Sc2ncco2)ncc1Br. The molecule has 0 N–H and O–H groups in total. The van der Waals surface area contributed by atoms with E-state index in [1.807, 2.05) is 0 Å². The van der Waals surface area contributed by atoms with Crippen molar-refractivity contribution in [1.29, 1.82) is 0 Å². The fourth-order valence-electron chi connectivity index (χ4n) is 0.867. The van der Waals surface area contributed by atoms with Crippen molar-refractivity contribution in [2.75, 3.05) is 7.11 Å². The van der Waals surface area contributed by atoms with Crippen LogP contribution in [0.5, 0.6) is 5.88 Å². The molecule has 0 fully saturated rings. The van der Waals surface area contributed by atoms with Gasteiger partial charge in [0.25, 0.3) is 5.22 Å². The highest BCUT2D eigenvalue weighted by atomic mass is 79.9. The van der Waals surface area contributed by atoms with E-state index in [1.54, 1.807) is 19.5 Å². The zero-order valence-corrected chi connectivity index (χ0v) is 10.1. The van der Waals surface area contributed by atoms with Crippen molar-refractivity contribution in [3.63, 3.8) is 0 Å². The molecule has 0 saturated carbocycles. The van der Waals surface area contributed by atoms with Crippen LogP contribution in [-0.4, -0.2) is 22.1 Å². The molecule has 0 aromatic carbocycles. The zero-order valence-electron chi connectivity index (χ0n) is 7.68. The van der Waals surface area contributed by atoms with Crippen LogP contribution >= 0.6 is 27.7 Å². The number of ether oxygens (including phenoxy) is 1. The first kappa shape index (κ1) is 10.4. The van der Waals surface area contributed by atoms with Crippen molar-refractivity contribution in [3.05, 3.63) is 23.1 Å². The minimum Gasteiger partial charge on any atom is -0.480 e. The van der Waals surface area contributed by atoms with Crippen molar-refractivity contribution in [2.24, 2.45) is 0 Å². The molecular weight excluding hydrogens is 282 g/mol. The Balaban J connectivity index is 2.22. The zero-order chi connectivity index (χ0) is 10.7. The number of oxazole rings is 1. The molecule has 2 aromatic rings. The lowest BCUT2D eigenvalue weighted by molar-refractivity contribution is 0.389. The van der Waals surface area contributed by atoms with E-state index in [4.69, 9.17) is 9.15 Å². The van der Waals surface area contributed by atoms with E-state index in [2.05, 4.69) is 30.9 Å². The van der Waals surface area contributed by atoms with Gasteiger partial charge in [0.05, 0.1) is 17.8 Å². The molecule has 7 heteroatoms. The van der Waals surface area contributed by atoms with Crippen LogP contribution in [0.1, 0.15) is 0 Å². The lowest BCUT2D eigenvalue weighted by Crippen LogP contribution is -1.93. The summed E-state index contributed by atoms with van der Waals surface area (Å²) in [6.07, 6.45) is 4.69. The number of halogens is 1. The number of hydrogen-bond acceptors (Lipinski definition) is 6. The molecule has 15 heavy (non-hydrogen) atoms. The van der Waals surface area contributed by atoms with Crippen LogP contribution in [0.15, 0.2) is 37.9 Å². The van der Waals surface area contributed by atoms with Crippen molar-refractivity contribution < 1.29 is 9.15 Å². The molecule has 5 nitrogen and oxygen atoms in total. The maximum absolute atomic E-state index is 5.06. The first-order valence-electron chi connectivity index (χ1n) is 3.93. The summed E-state index contributed by atoms with van der Waals surface area (Å²) < 4.78 is 10.8. The first-order valence-corrected chi connectivity index (χ1v) is 5.54. The Bertz CT molecular complexity index is 449. The van der Waals surface area contributed by atoms with Crippen molar-refractivity contribution in [1.82, 2.24) is 15.0 Å². The highest BCUT2D eigenvalue weighted by Crippen LogP contribution is 2.27. The Morgan fingerprint density at radius 2 is 2.33 bits per heavy atom. The van der Waals surface area contributed by atoms with Gasteiger partial charge < -0.3 is 9.15 Å². The largest absolute Gasteiger partial charge is 0.480 e. The molecule has 2 aromatic heterocycles. The Kier molecular flexibility index (Phi) is 3.22. The predicted octanol–water partition coefficient (Wildman–Crippen LogP) is 2.39. The van der Waals surface area contributed by atoms with Crippen molar-refractivity contribution in [3.8, 4) is 5.88 Å². The normalized spacial score (nSPS) is 10.3. The Hall–Kier alpha value is -1.08.